The largest absolute Gasteiger partial charge is 0.497 e. The van der Waals surface area contributed by atoms with Crippen LogP contribution in [0.25, 0.3) is 22.2 Å². The van der Waals surface area contributed by atoms with Crippen molar-refractivity contribution in [3.8, 4) is 17.0 Å². The quantitative estimate of drug-likeness (QED) is 0.494. The molecule has 0 saturated carbocycles. The maximum absolute atomic E-state index is 5.26. The number of hydrogen-bond donors (Lipinski definition) is 0. The molecule has 0 atom stereocenters. The molecule has 0 saturated heterocycles. The van der Waals surface area contributed by atoms with Gasteiger partial charge in [-0.2, -0.15) is 0 Å². The molecule has 1 heterocycles. The van der Waals surface area contributed by atoms with Crippen molar-refractivity contribution < 1.29 is 4.74 Å². The highest BCUT2D eigenvalue weighted by molar-refractivity contribution is 5.83. The van der Waals surface area contributed by atoms with Crippen LogP contribution < -0.4 is 4.74 Å². The van der Waals surface area contributed by atoms with E-state index in [9.17, 15) is 0 Å². The van der Waals surface area contributed by atoms with E-state index in [0.717, 1.165) is 28.9 Å². The summed E-state index contributed by atoms with van der Waals surface area (Å²) >= 11 is 0. The van der Waals surface area contributed by atoms with Gasteiger partial charge < -0.3 is 4.74 Å². The van der Waals surface area contributed by atoms with E-state index >= 15 is 0 Å². The number of hydrogen-bond acceptors (Lipinski definition) is 2. The molecule has 1 aromatic heterocycles. The fourth-order valence-corrected chi connectivity index (χ4v) is 3.10. The van der Waals surface area contributed by atoms with Gasteiger partial charge in [-0.1, -0.05) is 60.7 Å². The molecule has 3 aromatic carbocycles. The number of fused-ring (bicyclic) bond motifs is 1. The predicted octanol–water partition coefficient (Wildman–Crippen LogP) is 5.50. The number of para-hydroxylation sites is 1. The molecule has 0 unspecified atom stereocenters. The van der Waals surface area contributed by atoms with E-state index in [1.165, 1.54) is 16.5 Å². The van der Waals surface area contributed by atoms with Gasteiger partial charge in [-0.3, -0.25) is 0 Å². The zero-order chi connectivity index (χ0) is 17.1. The highest BCUT2D eigenvalue weighted by atomic mass is 16.5. The van der Waals surface area contributed by atoms with Gasteiger partial charge in [0, 0.05) is 10.9 Å². The van der Waals surface area contributed by atoms with Crippen LogP contribution in [-0.4, -0.2) is 12.1 Å². The summed E-state index contributed by atoms with van der Waals surface area (Å²) in [7, 11) is 1.69. The first-order chi connectivity index (χ1) is 12.3. The first-order valence-corrected chi connectivity index (χ1v) is 8.40. The van der Waals surface area contributed by atoms with Crippen LogP contribution in [0, 0.1) is 0 Å². The minimum atomic E-state index is 0.839. The Labute approximate surface area is 147 Å². The molecule has 4 rings (SSSR count). The van der Waals surface area contributed by atoms with Crippen molar-refractivity contribution >= 4 is 10.9 Å². The fourth-order valence-electron chi connectivity index (χ4n) is 3.10. The molecule has 0 fully saturated rings. The van der Waals surface area contributed by atoms with Crippen LogP contribution in [0.5, 0.6) is 5.75 Å². The summed E-state index contributed by atoms with van der Waals surface area (Å²) in [5, 5.41) is 1.17. The van der Waals surface area contributed by atoms with E-state index in [2.05, 4.69) is 60.7 Å². The van der Waals surface area contributed by atoms with Crippen molar-refractivity contribution in [3.05, 3.63) is 96.1 Å². The minimum Gasteiger partial charge on any atom is -0.497 e. The van der Waals surface area contributed by atoms with Gasteiger partial charge in [0.05, 0.1) is 18.3 Å². The number of pyridine rings is 1. The molecule has 0 aliphatic carbocycles. The average molecular weight is 325 g/mol. The van der Waals surface area contributed by atoms with Gasteiger partial charge in [-0.15, -0.1) is 0 Å². The second-order valence-electron chi connectivity index (χ2n) is 6.08. The normalized spacial score (nSPS) is 10.8. The van der Waals surface area contributed by atoms with E-state index in [0.29, 0.717) is 0 Å². The summed E-state index contributed by atoms with van der Waals surface area (Å²) in [5.41, 5.74) is 5.71. The smallest absolute Gasteiger partial charge is 0.118 e. The Bertz CT molecular complexity index is 991. The monoisotopic (exact) mass is 325 g/mol. The summed E-state index contributed by atoms with van der Waals surface area (Å²) in [6.07, 6.45) is 0.839. The summed E-state index contributed by atoms with van der Waals surface area (Å²) in [6, 6.07) is 29.2. The number of ether oxygens (including phenoxy) is 1. The summed E-state index contributed by atoms with van der Waals surface area (Å²) in [6.45, 7) is 0. The van der Waals surface area contributed by atoms with Crippen LogP contribution in [0.2, 0.25) is 0 Å². The first kappa shape index (κ1) is 15.4. The summed E-state index contributed by atoms with van der Waals surface area (Å²) in [4.78, 5) is 4.95. The van der Waals surface area contributed by atoms with Crippen LogP contribution in [0.3, 0.4) is 0 Å². The molecule has 4 aromatic rings. The zero-order valence-electron chi connectivity index (χ0n) is 14.1. The third kappa shape index (κ3) is 3.24. The Balaban J connectivity index is 1.82. The van der Waals surface area contributed by atoms with Crippen molar-refractivity contribution in [2.75, 3.05) is 7.11 Å². The Hall–Kier alpha value is -3.13. The molecule has 0 radical (unpaired) electrons. The Kier molecular flexibility index (Phi) is 4.17. The van der Waals surface area contributed by atoms with Gasteiger partial charge in [-0.05, 0) is 41.8 Å². The van der Waals surface area contributed by atoms with Crippen LogP contribution in [0.15, 0.2) is 84.9 Å². The highest BCUT2D eigenvalue weighted by Crippen LogP contribution is 2.28. The van der Waals surface area contributed by atoms with Crippen LogP contribution in [0.1, 0.15) is 11.1 Å². The predicted molar refractivity (Wildman–Crippen MR) is 103 cm³/mol. The second kappa shape index (κ2) is 6.78. The van der Waals surface area contributed by atoms with Gasteiger partial charge in [0.1, 0.15) is 5.75 Å². The number of aromatic nitrogens is 1. The van der Waals surface area contributed by atoms with Gasteiger partial charge in [0.15, 0.2) is 0 Å². The van der Waals surface area contributed by atoms with Gasteiger partial charge in [0.2, 0.25) is 0 Å². The van der Waals surface area contributed by atoms with E-state index in [1.54, 1.807) is 7.11 Å². The lowest BCUT2D eigenvalue weighted by Gasteiger charge is -2.12. The fraction of sp³-hybridized carbons (Fsp3) is 0.0870. The molecule has 25 heavy (non-hydrogen) atoms. The Morgan fingerprint density at radius 2 is 1.52 bits per heavy atom. The molecule has 2 heteroatoms. The lowest BCUT2D eigenvalue weighted by atomic mass is 9.97. The zero-order valence-corrected chi connectivity index (χ0v) is 14.1. The van der Waals surface area contributed by atoms with Gasteiger partial charge in [-0.25, -0.2) is 4.98 Å². The number of rotatable bonds is 4. The average Bonchev–Trinajstić information content (AvgIpc) is 2.69. The lowest BCUT2D eigenvalue weighted by Crippen LogP contribution is -1.96. The molecule has 0 aliphatic heterocycles. The standard InChI is InChI=1S/C23H19NO/c1-25-21-13-11-17(12-14-21)15-20-16-19-9-5-6-10-22(19)24-23(20)18-7-3-2-4-8-18/h2-14,16H,15H2,1H3. The van der Waals surface area contributed by atoms with Crippen molar-refractivity contribution in [1.29, 1.82) is 0 Å². The Morgan fingerprint density at radius 3 is 2.28 bits per heavy atom. The number of nitrogens with zero attached hydrogens (tertiary/aromatic N) is 1. The summed E-state index contributed by atoms with van der Waals surface area (Å²) < 4.78 is 5.26. The molecule has 2 nitrogen and oxygen atoms in total. The molecule has 0 spiro atoms. The van der Waals surface area contributed by atoms with E-state index in [4.69, 9.17) is 9.72 Å². The molecule has 0 N–H and O–H groups in total. The van der Waals surface area contributed by atoms with Gasteiger partial charge >= 0.3 is 0 Å². The van der Waals surface area contributed by atoms with Crippen molar-refractivity contribution in [3.63, 3.8) is 0 Å². The minimum absolute atomic E-state index is 0.839. The second-order valence-corrected chi connectivity index (χ2v) is 6.08. The summed E-state index contributed by atoms with van der Waals surface area (Å²) in [5.74, 6) is 0.878. The number of benzene rings is 3. The third-order valence-electron chi connectivity index (χ3n) is 4.40. The third-order valence-corrected chi connectivity index (χ3v) is 4.40. The lowest BCUT2D eigenvalue weighted by molar-refractivity contribution is 0.414. The molecular formula is C23H19NO. The van der Waals surface area contributed by atoms with Crippen molar-refractivity contribution in [2.45, 2.75) is 6.42 Å². The molecule has 0 amide bonds. The molecule has 122 valence electrons. The molecule has 0 bridgehead atoms. The van der Waals surface area contributed by atoms with Crippen LogP contribution >= 0.6 is 0 Å². The number of methoxy groups -OCH3 is 1. The topological polar surface area (TPSA) is 22.1 Å². The maximum Gasteiger partial charge on any atom is 0.118 e. The van der Waals surface area contributed by atoms with Crippen molar-refractivity contribution in [2.24, 2.45) is 0 Å². The maximum atomic E-state index is 5.26. The van der Waals surface area contributed by atoms with E-state index in [1.807, 2.05) is 24.3 Å². The SMILES string of the molecule is COc1ccc(Cc2cc3ccccc3nc2-c2ccccc2)cc1. The first-order valence-electron chi connectivity index (χ1n) is 8.40. The van der Waals surface area contributed by atoms with E-state index in [-0.39, 0.29) is 0 Å². The molecule has 0 aliphatic rings. The van der Waals surface area contributed by atoms with E-state index < -0.39 is 0 Å². The Morgan fingerprint density at radius 1 is 0.800 bits per heavy atom. The highest BCUT2D eigenvalue weighted by Gasteiger charge is 2.10. The van der Waals surface area contributed by atoms with Crippen LogP contribution in [0.4, 0.5) is 0 Å². The van der Waals surface area contributed by atoms with Crippen molar-refractivity contribution in [1.82, 2.24) is 4.98 Å². The van der Waals surface area contributed by atoms with Gasteiger partial charge in [0.25, 0.3) is 0 Å². The molecular weight excluding hydrogens is 306 g/mol. The van der Waals surface area contributed by atoms with Crippen LogP contribution in [-0.2, 0) is 6.42 Å².